The summed E-state index contributed by atoms with van der Waals surface area (Å²) in [4.78, 5) is 20.3. The third-order valence-corrected chi connectivity index (χ3v) is 2.93. The quantitative estimate of drug-likeness (QED) is 0.524. The summed E-state index contributed by atoms with van der Waals surface area (Å²) in [7, 11) is 0. The molecule has 0 fully saturated rings. The van der Waals surface area contributed by atoms with Gasteiger partial charge in [0.2, 0.25) is 0 Å². The molecule has 0 spiro atoms. The normalized spacial score (nSPS) is 16.3. The molecule has 0 heterocycles. The molecule has 0 bridgehead atoms. The lowest BCUT2D eigenvalue weighted by Gasteiger charge is -2.12. The van der Waals surface area contributed by atoms with E-state index in [0.717, 1.165) is 0 Å². The Hall–Kier alpha value is -1.28. The fourth-order valence-corrected chi connectivity index (χ4v) is 1.19. The molecule has 0 saturated carbocycles. The largest absolute Gasteiger partial charge is 0.480 e. The molecule has 0 aliphatic heterocycles. The van der Waals surface area contributed by atoms with Crippen molar-refractivity contribution in [3.05, 3.63) is 0 Å². The molecule has 0 aromatic heterocycles. The van der Waals surface area contributed by atoms with Crippen LogP contribution in [-0.4, -0.2) is 47.6 Å². The Morgan fingerprint density at radius 1 is 0.900 bits per heavy atom. The zero-order chi connectivity index (χ0) is 16.3. The molecule has 6 N–H and O–H groups in total. The molecular weight excluding hydrogens is 274 g/mol. The number of carboxylic acids is 2. The van der Waals surface area contributed by atoms with E-state index in [1.807, 2.05) is 0 Å². The number of nitrogens with two attached hydrogens (primary N) is 2. The van der Waals surface area contributed by atoms with E-state index in [1.165, 1.54) is 0 Å². The molecule has 0 aliphatic carbocycles. The summed E-state index contributed by atoms with van der Waals surface area (Å²) in [6, 6.07) is -1.87. The first-order valence-electron chi connectivity index (χ1n) is 6.27. The summed E-state index contributed by atoms with van der Waals surface area (Å²) >= 11 is 0. The summed E-state index contributed by atoms with van der Waals surface area (Å²) in [6.07, 6.45) is 0.431. The Kier molecular flexibility index (Phi) is 12.1. The van der Waals surface area contributed by atoms with Crippen LogP contribution in [0, 0.1) is 11.8 Å². The maximum Gasteiger partial charge on any atom is 0.320 e. The van der Waals surface area contributed by atoms with Gasteiger partial charge in [0.25, 0.3) is 0 Å². The Balaban J connectivity index is 0. The van der Waals surface area contributed by atoms with E-state index in [2.05, 4.69) is 0 Å². The van der Waals surface area contributed by atoms with Crippen LogP contribution >= 0.6 is 0 Å². The van der Waals surface area contributed by atoms with Gasteiger partial charge in [-0.2, -0.15) is 0 Å². The lowest BCUT2D eigenvalue weighted by atomic mass is 10.0. The van der Waals surface area contributed by atoms with Crippen molar-refractivity contribution in [1.29, 1.82) is 0 Å². The summed E-state index contributed by atoms with van der Waals surface area (Å²) in [5, 5.41) is 16.7. The van der Waals surface area contributed by atoms with Gasteiger partial charge in [-0.15, -0.1) is 0 Å². The van der Waals surface area contributed by atoms with Crippen LogP contribution in [0.5, 0.6) is 0 Å². The fourth-order valence-electron chi connectivity index (χ4n) is 1.19. The smallest absolute Gasteiger partial charge is 0.320 e. The number of rotatable bonds is 8. The van der Waals surface area contributed by atoms with E-state index in [4.69, 9.17) is 21.7 Å². The number of carbonyl (C=O) groups is 2. The first kappa shape index (κ1) is 21.0. The molecule has 0 amide bonds. The SMILES string of the molecule is CC(CCF)C(N)C(=O)O.CC(CCF)C(N)C(=O)O. The van der Waals surface area contributed by atoms with E-state index in [9.17, 15) is 18.4 Å². The lowest BCUT2D eigenvalue weighted by molar-refractivity contribution is -0.140. The Bertz CT molecular complexity index is 265. The van der Waals surface area contributed by atoms with Crippen LogP contribution in [0.25, 0.3) is 0 Å². The standard InChI is InChI=1S/2C6H12FNO2/c2*1-4(2-3-7)5(8)6(9)10/h2*4-5H,2-3,8H2,1H3,(H,9,10). The van der Waals surface area contributed by atoms with E-state index < -0.39 is 37.4 Å². The number of hydrogen-bond donors (Lipinski definition) is 4. The predicted octanol–water partition coefficient (Wildman–Crippen LogP) is 0.788. The average Bonchev–Trinajstić information content (AvgIpc) is 2.37. The van der Waals surface area contributed by atoms with Crippen LogP contribution < -0.4 is 11.5 Å². The predicted molar refractivity (Wildman–Crippen MR) is 70.7 cm³/mol. The van der Waals surface area contributed by atoms with Gasteiger partial charge in [-0.1, -0.05) is 13.8 Å². The molecule has 6 nitrogen and oxygen atoms in total. The maximum atomic E-state index is 11.6. The van der Waals surface area contributed by atoms with Gasteiger partial charge in [-0.25, -0.2) is 0 Å². The van der Waals surface area contributed by atoms with Crippen LogP contribution in [-0.2, 0) is 9.59 Å². The lowest BCUT2D eigenvalue weighted by Crippen LogP contribution is -2.36. The van der Waals surface area contributed by atoms with Gasteiger partial charge in [0, 0.05) is 0 Å². The highest BCUT2D eigenvalue weighted by atomic mass is 19.1. The van der Waals surface area contributed by atoms with Gasteiger partial charge >= 0.3 is 11.9 Å². The Morgan fingerprint density at radius 2 is 1.15 bits per heavy atom. The van der Waals surface area contributed by atoms with E-state index in [-0.39, 0.29) is 24.7 Å². The van der Waals surface area contributed by atoms with E-state index >= 15 is 0 Å². The average molecular weight is 298 g/mol. The minimum atomic E-state index is -1.07. The molecule has 0 aliphatic rings. The van der Waals surface area contributed by atoms with Crippen LogP contribution in [0.15, 0.2) is 0 Å². The fraction of sp³-hybridized carbons (Fsp3) is 0.833. The second-order valence-electron chi connectivity index (χ2n) is 4.64. The van der Waals surface area contributed by atoms with E-state index in [0.29, 0.717) is 0 Å². The summed E-state index contributed by atoms with van der Waals surface area (Å²) in [5.74, 6) is -2.72. The number of alkyl halides is 2. The second-order valence-corrected chi connectivity index (χ2v) is 4.64. The van der Waals surface area contributed by atoms with Crippen LogP contribution in [0.3, 0.4) is 0 Å². The molecule has 4 unspecified atom stereocenters. The first-order chi connectivity index (χ1) is 9.18. The topological polar surface area (TPSA) is 127 Å². The summed E-state index contributed by atoms with van der Waals surface area (Å²) in [6.45, 7) is 2.22. The van der Waals surface area contributed by atoms with Crippen molar-refractivity contribution in [3.63, 3.8) is 0 Å². The van der Waals surface area contributed by atoms with Gasteiger partial charge in [0.15, 0.2) is 0 Å². The van der Waals surface area contributed by atoms with Crippen LogP contribution in [0.1, 0.15) is 26.7 Å². The van der Waals surface area contributed by atoms with Gasteiger partial charge in [0.1, 0.15) is 12.1 Å². The minimum Gasteiger partial charge on any atom is -0.480 e. The highest BCUT2D eigenvalue weighted by Gasteiger charge is 2.19. The highest BCUT2D eigenvalue weighted by molar-refractivity contribution is 5.73. The molecule has 20 heavy (non-hydrogen) atoms. The van der Waals surface area contributed by atoms with Crippen molar-refractivity contribution in [1.82, 2.24) is 0 Å². The molecule has 4 atom stereocenters. The summed E-state index contributed by atoms with van der Waals surface area (Å²) in [5.41, 5.74) is 10.4. The third kappa shape index (κ3) is 9.62. The van der Waals surface area contributed by atoms with Crippen LogP contribution in [0.2, 0.25) is 0 Å². The zero-order valence-corrected chi connectivity index (χ0v) is 11.8. The molecule has 0 aromatic carbocycles. The highest BCUT2D eigenvalue weighted by Crippen LogP contribution is 2.06. The third-order valence-electron chi connectivity index (χ3n) is 2.93. The number of aliphatic carboxylic acids is 2. The molecule has 0 aromatic rings. The summed E-state index contributed by atoms with van der Waals surface area (Å²) < 4.78 is 23.2. The Labute approximate surface area is 117 Å². The number of hydrogen-bond acceptors (Lipinski definition) is 4. The van der Waals surface area contributed by atoms with Gasteiger partial charge < -0.3 is 21.7 Å². The van der Waals surface area contributed by atoms with Crippen molar-refractivity contribution >= 4 is 11.9 Å². The van der Waals surface area contributed by atoms with E-state index in [1.54, 1.807) is 13.8 Å². The zero-order valence-electron chi connectivity index (χ0n) is 11.8. The van der Waals surface area contributed by atoms with Gasteiger partial charge in [-0.05, 0) is 24.7 Å². The van der Waals surface area contributed by atoms with Crippen molar-refractivity contribution in [2.24, 2.45) is 23.3 Å². The van der Waals surface area contributed by atoms with Crippen molar-refractivity contribution in [2.75, 3.05) is 13.3 Å². The van der Waals surface area contributed by atoms with Gasteiger partial charge in [-0.3, -0.25) is 18.4 Å². The number of carboxylic acid groups (broad SMARTS) is 2. The maximum absolute atomic E-state index is 11.6. The first-order valence-corrected chi connectivity index (χ1v) is 6.27. The molecule has 0 radical (unpaired) electrons. The Morgan fingerprint density at radius 3 is 1.30 bits per heavy atom. The van der Waals surface area contributed by atoms with Crippen molar-refractivity contribution in [2.45, 2.75) is 38.8 Å². The molecule has 0 rings (SSSR count). The second kappa shape index (κ2) is 11.5. The van der Waals surface area contributed by atoms with Gasteiger partial charge in [0.05, 0.1) is 13.3 Å². The minimum absolute atomic E-state index is 0.216. The molecule has 120 valence electrons. The number of halogens is 2. The van der Waals surface area contributed by atoms with Crippen molar-refractivity contribution in [3.8, 4) is 0 Å². The molecular formula is C12H24F2N2O4. The molecule has 0 saturated heterocycles. The monoisotopic (exact) mass is 298 g/mol. The molecule has 8 heteroatoms. The van der Waals surface area contributed by atoms with Crippen LogP contribution in [0.4, 0.5) is 8.78 Å². The van der Waals surface area contributed by atoms with Crippen molar-refractivity contribution < 1.29 is 28.6 Å².